The van der Waals surface area contributed by atoms with Gasteiger partial charge in [0.1, 0.15) is 5.75 Å². The first kappa shape index (κ1) is 13.0. The Labute approximate surface area is 97.1 Å². The van der Waals surface area contributed by atoms with Crippen molar-refractivity contribution in [1.29, 1.82) is 0 Å². The number of aryl methyl sites for hydroxylation is 1. The molecule has 1 aromatic carbocycles. The maximum Gasteiger partial charge on any atom is 0.122 e. The Balaban J connectivity index is 2.46. The third-order valence-electron chi connectivity index (χ3n) is 2.36. The zero-order valence-electron chi connectivity index (χ0n) is 10.0. The third kappa shape index (κ3) is 4.18. The van der Waals surface area contributed by atoms with Crippen LogP contribution < -0.4 is 21.3 Å². The molecular formula is C12H21N3O. The van der Waals surface area contributed by atoms with E-state index in [9.17, 15) is 0 Å². The van der Waals surface area contributed by atoms with Gasteiger partial charge in [-0.1, -0.05) is 12.1 Å². The zero-order chi connectivity index (χ0) is 11.8. The molecule has 0 bridgehead atoms. The summed E-state index contributed by atoms with van der Waals surface area (Å²) in [7, 11) is 0. The highest BCUT2D eigenvalue weighted by Crippen LogP contribution is 2.19. The molecule has 4 N–H and O–H groups in total. The van der Waals surface area contributed by atoms with Crippen molar-refractivity contribution in [2.75, 3.05) is 19.8 Å². The zero-order valence-corrected chi connectivity index (χ0v) is 10.0. The van der Waals surface area contributed by atoms with Crippen LogP contribution >= 0.6 is 0 Å². The second kappa shape index (κ2) is 7.22. The monoisotopic (exact) mass is 223 g/mol. The Bertz CT molecular complexity index is 315. The number of nitrogens with one attached hydrogen (secondary N) is 2. The number of nitrogens with two attached hydrogens (primary N) is 1. The molecule has 0 fully saturated rings. The van der Waals surface area contributed by atoms with Crippen molar-refractivity contribution in [2.24, 2.45) is 5.84 Å². The minimum atomic E-state index is 0.635. The molecule has 0 aliphatic rings. The lowest BCUT2D eigenvalue weighted by molar-refractivity contribution is 0.338. The Hall–Kier alpha value is -1.10. The summed E-state index contributed by atoms with van der Waals surface area (Å²) < 4.78 is 5.49. The van der Waals surface area contributed by atoms with Gasteiger partial charge in [0.2, 0.25) is 0 Å². The van der Waals surface area contributed by atoms with Crippen LogP contribution in [-0.2, 0) is 6.42 Å². The molecule has 0 radical (unpaired) electrons. The maximum atomic E-state index is 5.49. The summed E-state index contributed by atoms with van der Waals surface area (Å²) in [6, 6.07) is 6.31. The van der Waals surface area contributed by atoms with Gasteiger partial charge in [-0.15, -0.1) is 0 Å². The summed E-state index contributed by atoms with van der Waals surface area (Å²) in [5.41, 5.74) is 5.06. The first-order valence-electron chi connectivity index (χ1n) is 5.64. The van der Waals surface area contributed by atoms with Gasteiger partial charge in [0.05, 0.1) is 13.3 Å². The molecular weight excluding hydrogens is 202 g/mol. The smallest absolute Gasteiger partial charge is 0.122 e. The van der Waals surface area contributed by atoms with E-state index >= 15 is 0 Å². The van der Waals surface area contributed by atoms with Crippen LogP contribution in [0.2, 0.25) is 0 Å². The van der Waals surface area contributed by atoms with Crippen molar-refractivity contribution in [3.63, 3.8) is 0 Å². The van der Waals surface area contributed by atoms with Gasteiger partial charge in [0.15, 0.2) is 0 Å². The second-order valence-electron chi connectivity index (χ2n) is 3.66. The van der Waals surface area contributed by atoms with E-state index < -0.39 is 0 Å². The summed E-state index contributed by atoms with van der Waals surface area (Å²) in [5.74, 6) is 6.13. The molecule has 90 valence electrons. The number of benzene rings is 1. The number of hydrazine groups is 1. The number of rotatable bonds is 7. The van der Waals surface area contributed by atoms with Crippen molar-refractivity contribution in [1.82, 2.24) is 10.7 Å². The molecule has 0 unspecified atom stereocenters. The van der Waals surface area contributed by atoms with Gasteiger partial charge >= 0.3 is 0 Å². The van der Waals surface area contributed by atoms with Gasteiger partial charge in [-0.25, -0.2) is 5.43 Å². The Morgan fingerprint density at radius 2 is 2.19 bits per heavy atom. The lowest BCUT2D eigenvalue weighted by atomic mass is 10.1. The summed E-state index contributed by atoms with van der Waals surface area (Å²) in [4.78, 5) is 0. The van der Waals surface area contributed by atoms with Crippen LogP contribution in [-0.4, -0.2) is 19.8 Å². The topological polar surface area (TPSA) is 59.3 Å². The largest absolute Gasteiger partial charge is 0.494 e. The fraction of sp³-hybridized carbons (Fsp3) is 0.500. The average Bonchev–Trinajstić information content (AvgIpc) is 2.28. The molecule has 16 heavy (non-hydrogen) atoms. The third-order valence-corrected chi connectivity index (χ3v) is 2.36. The minimum Gasteiger partial charge on any atom is -0.494 e. The maximum absolute atomic E-state index is 5.49. The first-order valence-corrected chi connectivity index (χ1v) is 5.64. The molecule has 4 heteroatoms. The van der Waals surface area contributed by atoms with Gasteiger partial charge in [-0.2, -0.15) is 0 Å². The van der Waals surface area contributed by atoms with Crippen molar-refractivity contribution >= 4 is 0 Å². The van der Waals surface area contributed by atoms with Crippen molar-refractivity contribution in [3.05, 3.63) is 29.3 Å². The molecule has 0 aliphatic carbocycles. The molecule has 1 aromatic rings. The summed E-state index contributed by atoms with van der Waals surface area (Å²) >= 11 is 0. The summed E-state index contributed by atoms with van der Waals surface area (Å²) in [6.07, 6.45) is 0.995. The predicted octanol–water partition coefficient (Wildman–Crippen LogP) is 0.947. The van der Waals surface area contributed by atoms with Crippen LogP contribution in [0.4, 0.5) is 0 Å². The number of ether oxygens (including phenoxy) is 1. The molecule has 4 nitrogen and oxygen atoms in total. The van der Waals surface area contributed by atoms with E-state index in [4.69, 9.17) is 10.6 Å². The molecule has 0 spiro atoms. The Morgan fingerprint density at radius 3 is 2.81 bits per heavy atom. The van der Waals surface area contributed by atoms with Crippen LogP contribution in [0.3, 0.4) is 0 Å². The average molecular weight is 223 g/mol. The Kier molecular flexibility index (Phi) is 5.85. The highest BCUT2D eigenvalue weighted by atomic mass is 16.5. The highest BCUT2D eigenvalue weighted by molar-refractivity contribution is 5.36. The molecule has 0 atom stereocenters. The van der Waals surface area contributed by atoms with Gasteiger partial charge < -0.3 is 10.1 Å². The highest BCUT2D eigenvalue weighted by Gasteiger charge is 2.00. The Morgan fingerprint density at radius 1 is 1.38 bits per heavy atom. The number of hydrogen-bond acceptors (Lipinski definition) is 4. The van der Waals surface area contributed by atoms with Crippen molar-refractivity contribution in [3.8, 4) is 5.75 Å². The fourth-order valence-electron chi connectivity index (χ4n) is 1.58. The minimum absolute atomic E-state index is 0.635. The van der Waals surface area contributed by atoms with E-state index in [2.05, 4.69) is 29.8 Å². The van der Waals surface area contributed by atoms with Crippen molar-refractivity contribution < 1.29 is 4.74 Å². The van der Waals surface area contributed by atoms with Crippen LogP contribution in [0.15, 0.2) is 18.2 Å². The van der Waals surface area contributed by atoms with Gasteiger partial charge in [0, 0.05) is 6.54 Å². The van der Waals surface area contributed by atoms with E-state index in [0.717, 1.165) is 18.7 Å². The lowest BCUT2D eigenvalue weighted by Gasteiger charge is -2.09. The van der Waals surface area contributed by atoms with Crippen molar-refractivity contribution in [2.45, 2.75) is 20.3 Å². The lowest BCUT2D eigenvalue weighted by Crippen LogP contribution is -2.34. The molecule has 0 amide bonds. The molecule has 0 aromatic heterocycles. The first-order chi connectivity index (χ1) is 7.77. The van der Waals surface area contributed by atoms with Crippen LogP contribution in [0, 0.1) is 6.92 Å². The number of hydrogen-bond donors (Lipinski definition) is 3. The van der Waals surface area contributed by atoms with E-state index in [1.165, 1.54) is 11.1 Å². The molecule has 0 saturated carbocycles. The second-order valence-corrected chi connectivity index (χ2v) is 3.66. The summed E-state index contributed by atoms with van der Waals surface area (Å²) in [6.45, 7) is 6.33. The molecule has 1 rings (SSSR count). The van der Waals surface area contributed by atoms with E-state index in [-0.39, 0.29) is 0 Å². The van der Waals surface area contributed by atoms with E-state index in [1.54, 1.807) is 0 Å². The SMILES string of the molecule is CCOc1ccc(CCNCNN)cc1C. The van der Waals surface area contributed by atoms with E-state index in [1.807, 2.05) is 13.0 Å². The van der Waals surface area contributed by atoms with Crippen LogP contribution in [0.25, 0.3) is 0 Å². The normalized spacial score (nSPS) is 10.4. The van der Waals surface area contributed by atoms with Crippen LogP contribution in [0.1, 0.15) is 18.1 Å². The quantitative estimate of drug-likeness (QED) is 0.279. The van der Waals surface area contributed by atoms with E-state index in [0.29, 0.717) is 13.3 Å². The van der Waals surface area contributed by atoms with Gasteiger partial charge in [-0.3, -0.25) is 5.84 Å². The molecule has 0 heterocycles. The summed E-state index contributed by atoms with van der Waals surface area (Å²) in [5, 5.41) is 3.18. The standard InChI is InChI=1S/C12H21N3O/c1-3-16-12-5-4-11(8-10(12)2)6-7-14-9-15-13/h4-5,8,14-15H,3,6-7,9,13H2,1-2H3. The molecule has 0 saturated heterocycles. The molecule has 0 aliphatic heterocycles. The van der Waals surface area contributed by atoms with Crippen LogP contribution in [0.5, 0.6) is 5.75 Å². The van der Waals surface area contributed by atoms with Gasteiger partial charge in [0.25, 0.3) is 0 Å². The van der Waals surface area contributed by atoms with Gasteiger partial charge in [-0.05, 0) is 37.5 Å². The predicted molar refractivity (Wildman–Crippen MR) is 66.2 cm³/mol. The fourth-order valence-corrected chi connectivity index (χ4v) is 1.58.